The normalized spacial score (nSPS) is 15.9. The minimum Gasteiger partial charge on any atom is -0.335 e. The lowest BCUT2D eigenvalue weighted by Gasteiger charge is -2.26. The van der Waals surface area contributed by atoms with E-state index >= 15 is 0 Å². The van der Waals surface area contributed by atoms with Crippen LogP contribution in [0.5, 0.6) is 0 Å². The van der Waals surface area contributed by atoms with Gasteiger partial charge in [-0.25, -0.2) is 18.2 Å². The topological polar surface area (TPSA) is 108 Å². The van der Waals surface area contributed by atoms with Gasteiger partial charge in [-0.3, -0.25) is 10.1 Å². The van der Waals surface area contributed by atoms with Gasteiger partial charge in [0, 0.05) is 23.9 Å². The number of carbonyl (C=O) groups excluding carboxylic acids is 2. The molecule has 1 aromatic heterocycles. The summed E-state index contributed by atoms with van der Waals surface area (Å²) in [4.78, 5) is 32.1. The van der Waals surface area contributed by atoms with Crippen molar-refractivity contribution in [3.05, 3.63) is 53.2 Å². The quantitative estimate of drug-likeness (QED) is 0.579. The fraction of sp³-hybridized carbons (Fsp3) is 0.348. The van der Waals surface area contributed by atoms with E-state index < -0.39 is 15.9 Å². The van der Waals surface area contributed by atoms with Crippen LogP contribution in [-0.2, 0) is 15.3 Å². The molecule has 0 saturated carbocycles. The molecule has 1 aliphatic rings. The number of urea groups is 1. The van der Waals surface area contributed by atoms with Crippen LogP contribution in [0.25, 0.3) is 10.8 Å². The molecule has 0 bridgehead atoms. The van der Waals surface area contributed by atoms with Gasteiger partial charge in [0.2, 0.25) is 0 Å². The summed E-state index contributed by atoms with van der Waals surface area (Å²) in [5.41, 5.74) is 0.467. The van der Waals surface area contributed by atoms with Crippen molar-refractivity contribution in [1.82, 2.24) is 9.88 Å². The molecule has 0 radical (unpaired) electrons. The van der Waals surface area contributed by atoms with E-state index in [0.29, 0.717) is 15.7 Å². The van der Waals surface area contributed by atoms with E-state index in [1.54, 1.807) is 0 Å². The summed E-state index contributed by atoms with van der Waals surface area (Å²) in [6.45, 7) is 6.17. The first kappa shape index (κ1) is 23.2. The third kappa shape index (κ3) is 5.17. The van der Waals surface area contributed by atoms with Crippen LogP contribution in [0.2, 0.25) is 0 Å². The van der Waals surface area contributed by atoms with Crippen LogP contribution in [0.1, 0.15) is 36.3 Å². The van der Waals surface area contributed by atoms with Gasteiger partial charge in [-0.2, -0.15) is 0 Å². The van der Waals surface area contributed by atoms with Crippen LogP contribution in [-0.4, -0.2) is 54.8 Å². The molecule has 4 rings (SSSR count). The molecule has 174 valence electrons. The molecule has 2 heterocycles. The van der Waals surface area contributed by atoms with E-state index in [9.17, 15) is 18.0 Å². The zero-order valence-electron chi connectivity index (χ0n) is 18.7. The second-order valence-corrected chi connectivity index (χ2v) is 12.3. The van der Waals surface area contributed by atoms with Crippen molar-refractivity contribution in [2.24, 2.45) is 0 Å². The van der Waals surface area contributed by atoms with Crippen LogP contribution in [0, 0.1) is 0 Å². The molecule has 0 spiro atoms. The van der Waals surface area contributed by atoms with Crippen molar-refractivity contribution in [3.63, 3.8) is 0 Å². The smallest absolute Gasteiger partial charge is 0.324 e. The van der Waals surface area contributed by atoms with E-state index in [1.165, 1.54) is 16.2 Å². The highest BCUT2D eigenvalue weighted by molar-refractivity contribution is 7.91. The Balaban J connectivity index is 1.59. The molecular weight excluding hydrogens is 460 g/mol. The summed E-state index contributed by atoms with van der Waals surface area (Å²) >= 11 is 1.25. The lowest BCUT2D eigenvalue weighted by Crippen LogP contribution is -2.44. The molecule has 0 atom stereocenters. The Hall–Kier alpha value is -2.98. The number of nitrogens with zero attached hydrogens (tertiary/aromatic N) is 2. The van der Waals surface area contributed by atoms with Crippen molar-refractivity contribution < 1.29 is 18.0 Å². The minimum atomic E-state index is -3.12. The second kappa shape index (κ2) is 8.75. The van der Waals surface area contributed by atoms with E-state index in [4.69, 9.17) is 0 Å². The zero-order chi connectivity index (χ0) is 23.8. The average Bonchev–Trinajstić information content (AvgIpc) is 3.18. The summed E-state index contributed by atoms with van der Waals surface area (Å²) in [6, 6.07) is 12.9. The number of rotatable bonds is 3. The number of fused-ring (bicyclic) bond motifs is 1. The van der Waals surface area contributed by atoms with Crippen LogP contribution < -0.4 is 10.6 Å². The number of hydrogen-bond acceptors (Lipinski definition) is 6. The Morgan fingerprint density at radius 3 is 2.36 bits per heavy atom. The Morgan fingerprint density at radius 2 is 1.67 bits per heavy atom. The molecule has 1 saturated heterocycles. The van der Waals surface area contributed by atoms with E-state index in [2.05, 4.69) is 15.6 Å². The predicted molar refractivity (Wildman–Crippen MR) is 132 cm³/mol. The molecule has 1 fully saturated rings. The number of sulfone groups is 1. The molecule has 2 N–H and O–H groups in total. The number of carbonyl (C=O) groups is 2. The number of aromatic nitrogens is 1. The van der Waals surface area contributed by atoms with Gasteiger partial charge in [0.25, 0.3) is 5.91 Å². The van der Waals surface area contributed by atoms with Gasteiger partial charge in [0.15, 0.2) is 15.5 Å². The number of anilines is 2. The van der Waals surface area contributed by atoms with Crippen LogP contribution in [0.3, 0.4) is 0 Å². The Morgan fingerprint density at radius 1 is 1.00 bits per heavy atom. The molecule has 1 aliphatic heterocycles. The van der Waals surface area contributed by atoms with Crippen molar-refractivity contribution in [3.8, 4) is 0 Å². The summed E-state index contributed by atoms with van der Waals surface area (Å²) in [5.74, 6) is -0.518. The van der Waals surface area contributed by atoms with Crippen molar-refractivity contribution in [1.29, 1.82) is 0 Å². The lowest BCUT2D eigenvalue weighted by molar-refractivity contribution is 0.0766. The van der Waals surface area contributed by atoms with Gasteiger partial charge in [-0.15, -0.1) is 0 Å². The molecule has 33 heavy (non-hydrogen) atoms. The number of amides is 3. The highest BCUT2D eigenvalue weighted by Crippen LogP contribution is 2.34. The molecule has 0 unspecified atom stereocenters. The van der Waals surface area contributed by atoms with Gasteiger partial charge in [-0.05, 0) is 11.5 Å². The van der Waals surface area contributed by atoms with Crippen LogP contribution >= 0.6 is 11.3 Å². The first-order valence-corrected chi connectivity index (χ1v) is 13.2. The zero-order valence-corrected chi connectivity index (χ0v) is 20.3. The molecule has 10 heteroatoms. The van der Waals surface area contributed by atoms with Gasteiger partial charge < -0.3 is 10.2 Å². The molecule has 0 aliphatic carbocycles. The maximum Gasteiger partial charge on any atom is 0.324 e. The van der Waals surface area contributed by atoms with Gasteiger partial charge in [0.05, 0.1) is 17.2 Å². The largest absolute Gasteiger partial charge is 0.335 e. The molecule has 8 nitrogen and oxygen atoms in total. The van der Waals surface area contributed by atoms with Crippen molar-refractivity contribution in [2.45, 2.75) is 26.2 Å². The van der Waals surface area contributed by atoms with Crippen LogP contribution in [0.15, 0.2) is 42.5 Å². The van der Waals surface area contributed by atoms with E-state index in [-0.39, 0.29) is 41.6 Å². The first-order valence-electron chi connectivity index (χ1n) is 10.6. The number of nitrogens with one attached hydrogen (secondary N) is 2. The fourth-order valence-corrected chi connectivity index (χ4v) is 5.74. The summed E-state index contributed by atoms with van der Waals surface area (Å²) in [5, 5.41) is 8.61. The maximum absolute atomic E-state index is 13.2. The highest BCUT2D eigenvalue weighted by Gasteiger charge is 2.31. The van der Waals surface area contributed by atoms with Crippen LogP contribution in [0.4, 0.5) is 15.5 Å². The number of thiazole rings is 1. The van der Waals surface area contributed by atoms with Gasteiger partial charge in [-0.1, -0.05) is 68.5 Å². The first-order chi connectivity index (χ1) is 15.5. The number of benzene rings is 2. The molecule has 2 aromatic carbocycles. The van der Waals surface area contributed by atoms with E-state index in [1.807, 2.05) is 63.2 Å². The SMILES string of the molecule is CC(C)(C)c1nc(C(=O)N2CCS(=O)(=O)CC2)c(NC(=O)Nc2cccc3ccccc23)s1. The lowest BCUT2D eigenvalue weighted by atomic mass is 9.98. The maximum atomic E-state index is 13.2. The average molecular weight is 487 g/mol. The molecule has 3 aromatic rings. The Kier molecular flexibility index (Phi) is 6.15. The molecular formula is C23H26N4O4S2. The Bertz CT molecular complexity index is 1310. The Labute approximate surface area is 196 Å². The standard InChI is InChI=1S/C23H26N4O4S2/c1-23(2,3)21-25-18(20(28)27-11-13-33(30,31)14-12-27)19(32-21)26-22(29)24-17-10-6-8-15-7-4-5-9-16(15)17/h4-10H,11-14H2,1-3H3,(H2,24,26,29). The third-order valence-electron chi connectivity index (χ3n) is 5.37. The summed E-state index contributed by atoms with van der Waals surface area (Å²) in [7, 11) is -3.12. The van der Waals surface area contributed by atoms with Gasteiger partial charge in [0.1, 0.15) is 10.0 Å². The fourth-order valence-electron chi connectivity index (χ4n) is 3.53. The molecule has 3 amide bonds. The monoisotopic (exact) mass is 486 g/mol. The van der Waals surface area contributed by atoms with Gasteiger partial charge >= 0.3 is 6.03 Å². The van der Waals surface area contributed by atoms with Crippen molar-refractivity contribution >= 4 is 54.6 Å². The number of hydrogen-bond donors (Lipinski definition) is 2. The summed E-state index contributed by atoms with van der Waals surface area (Å²) in [6.07, 6.45) is 0. The second-order valence-electron chi connectivity index (χ2n) is 9.00. The van der Waals surface area contributed by atoms with Crippen molar-refractivity contribution in [2.75, 3.05) is 35.2 Å². The third-order valence-corrected chi connectivity index (χ3v) is 8.37. The minimum absolute atomic E-state index is 0.0701. The van der Waals surface area contributed by atoms with E-state index in [0.717, 1.165) is 10.8 Å². The predicted octanol–water partition coefficient (Wildman–Crippen LogP) is 4.11. The summed E-state index contributed by atoms with van der Waals surface area (Å²) < 4.78 is 23.5. The highest BCUT2D eigenvalue weighted by atomic mass is 32.2.